The Bertz CT molecular complexity index is 276. The molecule has 0 fully saturated rings. The molecule has 0 atom stereocenters. The normalized spacial score (nSPS) is 10.4. The van der Waals surface area contributed by atoms with Gasteiger partial charge in [-0.1, -0.05) is 6.07 Å². The van der Waals surface area contributed by atoms with Crippen molar-refractivity contribution in [3.8, 4) is 0 Å². The van der Waals surface area contributed by atoms with E-state index < -0.39 is 0 Å². The lowest BCUT2D eigenvalue weighted by Gasteiger charge is -2.06. The molecular weight excluding hydrogens is 166 g/mol. The zero-order valence-corrected chi connectivity index (χ0v) is 7.53. The zero-order chi connectivity index (χ0) is 9.68. The molecule has 5 N–H and O–H groups in total. The maximum absolute atomic E-state index is 8.80. The lowest BCUT2D eigenvalue weighted by Crippen LogP contribution is -2.08. The van der Waals surface area contributed by atoms with Crippen LogP contribution in [-0.4, -0.2) is 16.7 Å². The Morgan fingerprint density at radius 2 is 2.08 bits per heavy atom. The molecule has 0 unspecified atom stereocenters. The van der Waals surface area contributed by atoms with E-state index in [-0.39, 0.29) is 6.61 Å². The first-order valence-electron chi connectivity index (χ1n) is 4.29. The molecule has 0 saturated carbocycles. The highest BCUT2D eigenvalue weighted by molar-refractivity contribution is 5.25. The lowest BCUT2D eigenvalue weighted by atomic mass is 10.1. The molecule has 0 aliphatic heterocycles. The molecule has 1 heterocycles. The summed E-state index contributed by atoms with van der Waals surface area (Å²) in [6.45, 7) is 0.985. The van der Waals surface area contributed by atoms with Crippen LogP contribution in [0.1, 0.15) is 16.8 Å². The van der Waals surface area contributed by atoms with Gasteiger partial charge in [0.25, 0.3) is 0 Å². The van der Waals surface area contributed by atoms with Gasteiger partial charge in [0.1, 0.15) is 0 Å². The Morgan fingerprint density at radius 3 is 2.62 bits per heavy atom. The second-order valence-electron chi connectivity index (χ2n) is 2.83. The summed E-state index contributed by atoms with van der Waals surface area (Å²) in [6, 6.07) is 1.95. The van der Waals surface area contributed by atoms with Crippen molar-refractivity contribution in [2.75, 3.05) is 6.61 Å². The molecule has 0 radical (unpaired) electrons. The van der Waals surface area contributed by atoms with Crippen LogP contribution in [0, 0.1) is 0 Å². The van der Waals surface area contributed by atoms with Gasteiger partial charge in [-0.05, 0) is 17.5 Å². The fraction of sp³-hybridized carbons (Fsp3) is 0.444. The standard InChI is InChI=1S/C9H15N3O/c10-4-7-3-8(1-2-13)9(5-11)12-6-7/h3,6,13H,1-2,4-5,10-11H2. The fourth-order valence-electron chi connectivity index (χ4n) is 1.22. The first kappa shape index (κ1) is 10.1. The van der Waals surface area contributed by atoms with E-state index >= 15 is 0 Å². The highest BCUT2D eigenvalue weighted by Gasteiger charge is 2.02. The van der Waals surface area contributed by atoms with Crippen molar-refractivity contribution in [3.63, 3.8) is 0 Å². The van der Waals surface area contributed by atoms with Crippen LogP contribution in [0.5, 0.6) is 0 Å². The number of hydrogen-bond acceptors (Lipinski definition) is 4. The molecule has 0 aromatic carbocycles. The number of aromatic nitrogens is 1. The molecule has 4 heteroatoms. The van der Waals surface area contributed by atoms with Crippen molar-refractivity contribution in [2.45, 2.75) is 19.5 Å². The molecular formula is C9H15N3O. The van der Waals surface area contributed by atoms with Gasteiger partial charge in [0.2, 0.25) is 0 Å². The number of nitrogens with zero attached hydrogens (tertiary/aromatic N) is 1. The Balaban J connectivity index is 2.95. The van der Waals surface area contributed by atoms with E-state index in [1.54, 1.807) is 6.20 Å². The smallest absolute Gasteiger partial charge is 0.0572 e. The summed E-state index contributed by atoms with van der Waals surface area (Å²) in [7, 11) is 0. The van der Waals surface area contributed by atoms with Crippen molar-refractivity contribution in [3.05, 3.63) is 29.1 Å². The predicted octanol–water partition coefficient (Wildman–Crippen LogP) is -0.466. The highest BCUT2D eigenvalue weighted by atomic mass is 16.2. The molecule has 0 saturated heterocycles. The van der Waals surface area contributed by atoms with Crippen molar-refractivity contribution < 1.29 is 5.11 Å². The second kappa shape index (κ2) is 4.91. The first-order valence-corrected chi connectivity index (χ1v) is 4.29. The van der Waals surface area contributed by atoms with Crippen LogP contribution in [0.4, 0.5) is 0 Å². The summed E-state index contributed by atoms with van der Waals surface area (Å²) in [5, 5.41) is 8.80. The molecule has 0 aliphatic carbocycles. The van der Waals surface area contributed by atoms with Gasteiger partial charge < -0.3 is 16.6 Å². The third kappa shape index (κ3) is 2.48. The van der Waals surface area contributed by atoms with Crippen molar-refractivity contribution in [2.24, 2.45) is 11.5 Å². The maximum Gasteiger partial charge on any atom is 0.0572 e. The van der Waals surface area contributed by atoms with E-state index in [2.05, 4.69) is 4.98 Å². The van der Waals surface area contributed by atoms with E-state index in [9.17, 15) is 0 Å². The van der Waals surface area contributed by atoms with Gasteiger partial charge in [0.15, 0.2) is 0 Å². The Labute approximate surface area is 77.6 Å². The summed E-state index contributed by atoms with van der Waals surface area (Å²) < 4.78 is 0. The van der Waals surface area contributed by atoms with E-state index in [0.29, 0.717) is 19.5 Å². The quantitative estimate of drug-likeness (QED) is 0.586. The van der Waals surface area contributed by atoms with E-state index in [1.165, 1.54) is 0 Å². The van der Waals surface area contributed by atoms with E-state index in [1.807, 2.05) is 6.07 Å². The minimum absolute atomic E-state index is 0.114. The van der Waals surface area contributed by atoms with Crippen LogP contribution in [0.2, 0.25) is 0 Å². The minimum Gasteiger partial charge on any atom is -0.396 e. The average Bonchev–Trinajstić information content (AvgIpc) is 2.18. The van der Waals surface area contributed by atoms with Crippen LogP contribution in [0.3, 0.4) is 0 Å². The van der Waals surface area contributed by atoms with Gasteiger partial charge in [-0.2, -0.15) is 0 Å². The summed E-state index contributed by atoms with van der Waals surface area (Å²) in [6.07, 6.45) is 2.32. The van der Waals surface area contributed by atoms with Gasteiger partial charge >= 0.3 is 0 Å². The number of pyridine rings is 1. The van der Waals surface area contributed by atoms with Gasteiger partial charge in [0.05, 0.1) is 5.69 Å². The molecule has 1 aromatic heterocycles. The number of hydrogen-bond donors (Lipinski definition) is 3. The predicted molar refractivity (Wildman–Crippen MR) is 50.8 cm³/mol. The van der Waals surface area contributed by atoms with Crippen molar-refractivity contribution in [1.82, 2.24) is 4.98 Å². The molecule has 13 heavy (non-hydrogen) atoms. The second-order valence-corrected chi connectivity index (χ2v) is 2.83. The van der Waals surface area contributed by atoms with Crippen LogP contribution in [0.15, 0.2) is 12.3 Å². The van der Waals surface area contributed by atoms with E-state index in [0.717, 1.165) is 16.8 Å². The number of aliphatic hydroxyl groups excluding tert-OH is 1. The maximum atomic E-state index is 8.80. The van der Waals surface area contributed by atoms with Crippen molar-refractivity contribution in [1.29, 1.82) is 0 Å². The summed E-state index contributed by atoms with van der Waals surface area (Å²) >= 11 is 0. The SMILES string of the molecule is NCc1cnc(CN)c(CCO)c1. The largest absolute Gasteiger partial charge is 0.396 e. The van der Waals surface area contributed by atoms with Crippen molar-refractivity contribution >= 4 is 0 Å². The van der Waals surface area contributed by atoms with Crippen LogP contribution < -0.4 is 11.5 Å². The van der Waals surface area contributed by atoms with Gasteiger partial charge in [-0.25, -0.2) is 0 Å². The zero-order valence-electron chi connectivity index (χ0n) is 7.53. The molecule has 0 spiro atoms. The summed E-state index contributed by atoms with van der Waals surface area (Å²) in [5.41, 5.74) is 13.8. The first-order chi connectivity index (χ1) is 6.31. The third-order valence-corrected chi connectivity index (χ3v) is 1.93. The number of rotatable bonds is 4. The lowest BCUT2D eigenvalue weighted by molar-refractivity contribution is 0.299. The number of nitrogens with two attached hydrogens (primary N) is 2. The van der Waals surface area contributed by atoms with Gasteiger partial charge in [-0.3, -0.25) is 4.98 Å². The number of aliphatic hydroxyl groups is 1. The molecule has 4 nitrogen and oxygen atoms in total. The average molecular weight is 181 g/mol. The molecule has 1 aromatic rings. The third-order valence-electron chi connectivity index (χ3n) is 1.93. The fourth-order valence-corrected chi connectivity index (χ4v) is 1.22. The minimum atomic E-state index is 0.114. The highest BCUT2D eigenvalue weighted by Crippen LogP contribution is 2.08. The molecule has 0 aliphatic rings. The topological polar surface area (TPSA) is 85.2 Å². The molecule has 72 valence electrons. The molecule has 0 bridgehead atoms. The molecule has 1 rings (SSSR count). The molecule has 0 amide bonds. The Morgan fingerprint density at radius 1 is 1.31 bits per heavy atom. The van der Waals surface area contributed by atoms with Crippen LogP contribution >= 0.6 is 0 Å². The van der Waals surface area contributed by atoms with Gasteiger partial charge in [0, 0.05) is 25.9 Å². The summed E-state index contributed by atoms with van der Waals surface area (Å²) in [5.74, 6) is 0. The Hall–Kier alpha value is -0.970. The van der Waals surface area contributed by atoms with Gasteiger partial charge in [-0.15, -0.1) is 0 Å². The van der Waals surface area contributed by atoms with E-state index in [4.69, 9.17) is 16.6 Å². The monoisotopic (exact) mass is 181 g/mol. The van der Waals surface area contributed by atoms with Crippen LogP contribution in [-0.2, 0) is 19.5 Å². The summed E-state index contributed by atoms with van der Waals surface area (Å²) in [4.78, 5) is 4.17. The Kier molecular flexibility index (Phi) is 3.82. The van der Waals surface area contributed by atoms with Crippen LogP contribution in [0.25, 0.3) is 0 Å².